The zero-order chi connectivity index (χ0) is 15.6. The van der Waals surface area contributed by atoms with E-state index in [9.17, 15) is 10.2 Å². The first-order valence-corrected chi connectivity index (χ1v) is 6.43. The number of halogens is 1. The third kappa shape index (κ3) is 2.54. The van der Waals surface area contributed by atoms with Gasteiger partial charge >= 0.3 is 0 Å². The summed E-state index contributed by atoms with van der Waals surface area (Å²) in [5.74, 6) is 2.52. The standard InChI is InChI=1S/C13H15ClN4O3/c1-3-13(6-19,21-2)9(20)5-18-4-8(14)10-11(15)16-7-17-12(10)18/h1,4,7,9,19-20H,5-6H2,2H3,(H2,15,16,17). The quantitative estimate of drug-likeness (QED) is 0.673. The van der Waals surface area contributed by atoms with Crippen molar-refractivity contribution in [1.82, 2.24) is 14.5 Å². The zero-order valence-corrected chi connectivity index (χ0v) is 12.1. The summed E-state index contributed by atoms with van der Waals surface area (Å²) in [6.45, 7) is -0.497. The summed E-state index contributed by atoms with van der Waals surface area (Å²) in [5, 5.41) is 20.5. The average molecular weight is 311 g/mol. The fraction of sp³-hybridized carbons (Fsp3) is 0.385. The Bertz CT molecular complexity index is 691. The van der Waals surface area contributed by atoms with Crippen molar-refractivity contribution in [3.05, 3.63) is 17.5 Å². The number of hydrogen-bond donors (Lipinski definition) is 3. The van der Waals surface area contributed by atoms with E-state index in [4.69, 9.17) is 28.5 Å². The van der Waals surface area contributed by atoms with Gasteiger partial charge in [0.15, 0.2) is 5.60 Å². The van der Waals surface area contributed by atoms with E-state index in [1.165, 1.54) is 13.4 Å². The first kappa shape index (κ1) is 15.5. The topological polar surface area (TPSA) is 106 Å². The fourth-order valence-electron chi connectivity index (χ4n) is 2.08. The minimum absolute atomic E-state index is 0.0261. The highest BCUT2D eigenvalue weighted by molar-refractivity contribution is 6.36. The van der Waals surface area contributed by atoms with Gasteiger partial charge in [-0.3, -0.25) is 0 Å². The molecule has 2 heterocycles. The van der Waals surface area contributed by atoms with Crippen molar-refractivity contribution < 1.29 is 14.9 Å². The van der Waals surface area contributed by atoms with E-state index in [1.807, 2.05) is 0 Å². The maximum atomic E-state index is 10.3. The fourth-order valence-corrected chi connectivity index (χ4v) is 2.38. The molecule has 2 aromatic rings. The number of aromatic nitrogens is 3. The molecule has 0 aliphatic rings. The Kier molecular flexibility index (Phi) is 4.34. The van der Waals surface area contributed by atoms with E-state index in [1.54, 1.807) is 10.8 Å². The molecule has 0 amide bonds. The number of terminal acetylenes is 1. The Morgan fingerprint density at radius 3 is 2.90 bits per heavy atom. The number of nitrogens with two attached hydrogens (primary N) is 1. The lowest BCUT2D eigenvalue weighted by Gasteiger charge is -2.30. The van der Waals surface area contributed by atoms with Gasteiger partial charge in [-0.15, -0.1) is 6.42 Å². The van der Waals surface area contributed by atoms with Gasteiger partial charge in [-0.1, -0.05) is 17.5 Å². The second-order valence-electron chi connectivity index (χ2n) is 4.50. The van der Waals surface area contributed by atoms with Gasteiger partial charge in [0.2, 0.25) is 0 Å². The Balaban J connectivity index is 2.41. The second-order valence-corrected chi connectivity index (χ2v) is 4.91. The van der Waals surface area contributed by atoms with Crippen molar-refractivity contribution >= 4 is 28.5 Å². The summed E-state index contributed by atoms with van der Waals surface area (Å²) < 4.78 is 6.66. The van der Waals surface area contributed by atoms with Crippen molar-refractivity contribution in [3.63, 3.8) is 0 Å². The van der Waals surface area contributed by atoms with E-state index in [0.717, 1.165) is 0 Å². The van der Waals surface area contributed by atoms with E-state index >= 15 is 0 Å². The minimum atomic E-state index is -1.50. The number of rotatable bonds is 5. The number of fused-ring (bicyclic) bond motifs is 1. The maximum absolute atomic E-state index is 10.3. The first-order valence-electron chi connectivity index (χ1n) is 6.05. The zero-order valence-electron chi connectivity index (χ0n) is 11.3. The Morgan fingerprint density at radius 1 is 1.62 bits per heavy atom. The third-order valence-corrected chi connectivity index (χ3v) is 3.67. The van der Waals surface area contributed by atoms with Crippen LogP contribution >= 0.6 is 11.6 Å². The van der Waals surface area contributed by atoms with Crippen molar-refractivity contribution in [2.45, 2.75) is 18.2 Å². The maximum Gasteiger partial charge on any atom is 0.178 e. The molecule has 0 fully saturated rings. The van der Waals surface area contributed by atoms with Gasteiger partial charge in [0.05, 0.1) is 23.6 Å². The highest BCUT2D eigenvalue weighted by Crippen LogP contribution is 2.28. The van der Waals surface area contributed by atoms with Gasteiger partial charge in [0.1, 0.15) is 23.9 Å². The van der Waals surface area contributed by atoms with E-state index in [-0.39, 0.29) is 12.4 Å². The number of anilines is 1. The molecule has 2 atom stereocenters. The van der Waals surface area contributed by atoms with Crippen molar-refractivity contribution in [2.24, 2.45) is 0 Å². The predicted molar refractivity (Wildman–Crippen MR) is 78.6 cm³/mol. The van der Waals surface area contributed by atoms with Crippen molar-refractivity contribution in [2.75, 3.05) is 19.5 Å². The monoisotopic (exact) mass is 310 g/mol. The normalized spacial score (nSPS) is 15.6. The molecule has 8 heteroatoms. The number of nitrogen functional groups attached to an aromatic ring is 1. The molecule has 0 aromatic carbocycles. The third-order valence-electron chi connectivity index (χ3n) is 3.39. The highest BCUT2D eigenvalue weighted by atomic mass is 35.5. The summed E-state index contributed by atoms with van der Waals surface area (Å²) >= 11 is 6.10. The molecule has 2 aromatic heterocycles. The van der Waals surface area contributed by atoms with Crippen LogP contribution in [-0.4, -0.2) is 50.2 Å². The second kappa shape index (κ2) is 5.87. The molecule has 4 N–H and O–H groups in total. The predicted octanol–water partition coefficient (Wildman–Crippen LogP) is 0.0385. The number of aliphatic hydroxyl groups excluding tert-OH is 2. The molecule has 0 saturated heterocycles. The van der Waals surface area contributed by atoms with Crippen LogP contribution in [0.5, 0.6) is 0 Å². The smallest absolute Gasteiger partial charge is 0.178 e. The van der Waals surface area contributed by atoms with E-state index in [2.05, 4.69) is 15.9 Å². The van der Waals surface area contributed by atoms with Crippen LogP contribution in [0.4, 0.5) is 5.82 Å². The number of methoxy groups -OCH3 is 1. The molecule has 21 heavy (non-hydrogen) atoms. The van der Waals surface area contributed by atoms with Crippen LogP contribution < -0.4 is 5.73 Å². The molecule has 0 bridgehead atoms. The number of nitrogens with zero attached hydrogens (tertiary/aromatic N) is 3. The molecule has 0 radical (unpaired) electrons. The van der Waals surface area contributed by atoms with Crippen LogP contribution in [0.1, 0.15) is 0 Å². The van der Waals surface area contributed by atoms with Crippen LogP contribution in [0, 0.1) is 12.3 Å². The summed E-state index contributed by atoms with van der Waals surface area (Å²) in [5.41, 5.74) is 4.72. The summed E-state index contributed by atoms with van der Waals surface area (Å²) in [6.07, 6.45) is 7.05. The van der Waals surface area contributed by atoms with Gasteiger partial charge < -0.3 is 25.3 Å². The SMILES string of the molecule is C#CC(CO)(OC)C(O)Cn1cc(Cl)c2c(N)ncnc21. The Labute approximate surface area is 126 Å². The summed E-state index contributed by atoms with van der Waals surface area (Å²) in [4.78, 5) is 7.96. The Morgan fingerprint density at radius 2 is 2.33 bits per heavy atom. The van der Waals surface area contributed by atoms with Gasteiger partial charge in [0, 0.05) is 13.3 Å². The highest BCUT2D eigenvalue weighted by Gasteiger charge is 2.36. The molecule has 0 aliphatic carbocycles. The van der Waals surface area contributed by atoms with Crippen LogP contribution in [0.2, 0.25) is 5.02 Å². The summed E-state index contributed by atoms with van der Waals surface area (Å²) in [6, 6.07) is 0. The lowest BCUT2D eigenvalue weighted by molar-refractivity contribution is -0.0947. The molecular formula is C13H15ClN4O3. The number of aliphatic hydroxyl groups is 2. The van der Waals surface area contributed by atoms with E-state index < -0.39 is 18.3 Å². The van der Waals surface area contributed by atoms with Crippen molar-refractivity contribution in [1.29, 1.82) is 0 Å². The molecule has 112 valence electrons. The molecule has 2 rings (SSSR count). The number of ether oxygens (including phenoxy) is 1. The van der Waals surface area contributed by atoms with Crippen LogP contribution in [0.3, 0.4) is 0 Å². The molecule has 7 nitrogen and oxygen atoms in total. The first-order chi connectivity index (χ1) is 9.99. The number of hydrogen-bond acceptors (Lipinski definition) is 6. The lowest BCUT2D eigenvalue weighted by atomic mass is 9.98. The van der Waals surface area contributed by atoms with Crippen LogP contribution in [0.15, 0.2) is 12.5 Å². The lowest BCUT2D eigenvalue weighted by Crippen LogP contribution is -2.48. The largest absolute Gasteiger partial charge is 0.392 e. The summed E-state index contributed by atoms with van der Waals surface area (Å²) in [7, 11) is 1.32. The molecular weight excluding hydrogens is 296 g/mol. The molecule has 0 aliphatic heterocycles. The molecule has 0 saturated carbocycles. The molecule has 2 unspecified atom stereocenters. The minimum Gasteiger partial charge on any atom is -0.392 e. The van der Waals surface area contributed by atoms with E-state index in [0.29, 0.717) is 16.1 Å². The average Bonchev–Trinajstić information content (AvgIpc) is 2.79. The van der Waals surface area contributed by atoms with Gasteiger partial charge in [-0.05, 0) is 0 Å². The van der Waals surface area contributed by atoms with Gasteiger partial charge in [-0.2, -0.15) is 0 Å². The molecule has 0 spiro atoms. The Hall–Kier alpha value is -1.85. The van der Waals surface area contributed by atoms with Crippen molar-refractivity contribution in [3.8, 4) is 12.3 Å². The van der Waals surface area contributed by atoms with Gasteiger partial charge in [0.25, 0.3) is 0 Å². The van der Waals surface area contributed by atoms with Gasteiger partial charge in [-0.25, -0.2) is 9.97 Å². The van der Waals surface area contributed by atoms with Crippen LogP contribution in [0.25, 0.3) is 11.0 Å². The van der Waals surface area contributed by atoms with Crippen LogP contribution in [-0.2, 0) is 11.3 Å².